The summed E-state index contributed by atoms with van der Waals surface area (Å²) < 4.78 is 40.3. The number of nitrogens with one attached hydrogen (secondary N) is 4. The van der Waals surface area contributed by atoms with E-state index in [1.54, 1.807) is 49.4 Å². The summed E-state index contributed by atoms with van der Waals surface area (Å²) in [5.74, 6) is 10.2. The van der Waals surface area contributed by atoms with Crippen molar-refractivity contribution in [3.63, 3.8) is 0 Å². The second kappa shape index (κ2) is 44.7. The van der Waals surface area contributed by atoms with E-state index < -0.39 is 45.0 Å². The van der Waals surface area contributed by atoms with Gasteiger partial charge in [-0.3, -0.25) is 38.8 Å². The zero-order valence-electron chi connectivity index (χ0n) is 77.7. The maximum atomic E-state index is 11.6. The molecule has 16 rings (SSSR count). The first-order valence-corrected chi connectivity index (χ1v) is 48.1. The van der Waals surface area contributed by atoms with Crippen LogP contribution in [-0.4, -0.2) is 122 Å². The van der Waals surface area contributed by atoms with Crippen LogP contribution in [0.2, 0.25) is 0 Å². The number of terminal acetylenes is 4. The fourth-order valence-electron chi connectivity index (χ4n) is 16.3. The number of nitrogens with two attached hydrogens (primary N) is 4. The predicted octanol–water partition coefficient (Wildman–Crippen LogP) is 13.6. The summed E-state index contributed by atoms with van der Waals surface area (Å²) in [6, 6.07) is 42.7. The Kier molecular flexibility index (Phi) is 32.3. The van der Waals surface area contributed by atoms with Crippen LogP contribution < -0.4 is 53.2 Å². The van der Waals surface area contributed by atoms with E-state index in [9.17, 15) is 58.5 Å². The number of hydrogen-bond donors (Lipinski definition) is 16. The molecule has 4 amide bonds. The number of amides is 4. The van der Waals surface area contributed by atoms with E-state index in [0.717, 1.165) is 171 Å². The maximum absolute atomic E-state index is 11.6. The first kappa shape index (κ1) is 101. The van der Waals surface area contributed by atoms with Crippen LogP contribution in [0.5, 0.6) is 34.5 Å². The number of aromatic nitrogens is 12. The molecule has 0 saturated carbocycles. The smallest absolute Gasteiger partial charge is 0.508 e. The number of rotatable bonds is 32. The van der Waals surface area contributed by atoms with Crippen molar-refractivity contribution in [2.45, 2.75) is 171 Å². The van der Waals surface area contributed by atoms with Gasteiger partial charge in [0, 0.05) is 97.6 Å². The van der Waals surface area contributed by atoms with Crippen molar-refractivity contribution in [2.24, 2.45) is 0 Å². The van der Waals surface area contributed by atoms with E-state index in [0.29, 0.717) is 117 Å². The first-order valence-electron chi connectivity index (χ1n) is 45.0. The molecule has 0 fully saturated rings. The number of nitrogen functional groups attached to an aromatic ring is 4. The molecule has 16 aromatic rings. The van der Waals surface area contributed by atoms with E-state index in [4.69, 9.17) is 82.9 Å². The van der Waals surface area contributed by atoms with Crippen molar-refractivity contribution in [1.82, 2.24) is 79.4 Å². The average molecular weight is 1930 g/mol. The molecule has 36 nitrogen and oxygen atoms in total. The lowest BCUT2D eigenvalue weighted by Crippen LogP contribution is -2.20. The van der Waals surface area contributed by atoms with Crippen LogP contribution in [0.1, 0.15) is 158 Å². The monoisotopic (exact) mass is 1930 g/mol. The van der Waals surface area contributed by atoms with Crippen molar-refractivity contribution in [1.29, 1.82) is 0 Å². The molecular formula is C102H106N20O16P2. The summed E-state index contributed by atoms with van der Waals surface area (Å²) in [5, 5.41) is 55.1. The minimum atomic E-state index is -4.88. The topological polar surface area (TPSA) is 558 Å². The fraction of sp³-hybridized carbons (Fsp3) is 0.255. The second-order valence-corrected chi connectivity index (χ2v) is 35.6. The number of anilines is 4. The molecule has 8 aromatic heterocycles. The van der Waals surface area contributed by atoms with Crippen LogP contribution in [0.3, 0.4) is 0 Å². The van der Waals surface area contributed by atoms with E-state index in [1.165, 1.54) is 18.2 Å². The summed E-state index contributed by atoms with van der Waals surface area (Å²) in [5.41, 5.74) is 41.2. The van der Waals surface area contributed by atoms with E-state index in [1.807, 2.05) is 119 Å². The molecule has 140 heavy (non-hydrogen) atoms. The minimum absolute atomic E-state index is 0.121. The Morgan fingerprint density at radius 3 is 0.957 bits per heavy atom. The lowest BCUT2D eigenvalue weighted by atomic mass is 10.1. The van der Waals surface area contributed by atoms with Crippen LogP contribution in [0, 0.1) is 63.2 Å². The van der Waals surface area contributed by atoms with E-state index in [2.05, 4.69) is 88.5 Å². The number of phosphoric acid groups is 2. The molecule has 38 heteroatoms. The molecule has 0 aliphatic rings. The van der Waals surface area contributed by atoms with E-state index in [-0.39, 0.29) is 60.7 Å². The van der Waals surface area contributed by atoms with Gasteiger partial charge in [-0.15, -0.1) is 25.7 Å². The lowest BCUT2D eigenvalue weighted by Gasteiger charge is -2.15. The number of carbonyl (C=O) groups excluding carboxylic acids is 4. The third-order valence-electron chi connectivity index (χ3n) is 23.2. The Bertz CT molecular complexity index is 7780. The quantitative estimate of drug-likeness (QED) is 0.0106. The molecule has 0 spiro atoms. The number of para-hydroxylation sites is 2. The van der Waals surface area contributed by atoms with E-state index >= 15 is 0 Å². The van der Waals surface area contributed by atoms with Crippen LogP contribution in [0.4, 0.5) is 23.3 Å². The fourth-order valence-corrected chi connectivity index (χ4v) is 17.2. The first-order chi connectivity index (χ1) is 67.0. The Hall–Kier alpha value is -16.3. The highest BCUT2D eigenvalue weighted by atomic mass is 31.2. The molecule has 0 radical (unpaired) electrons. The third kappa shape index (κ3) is 24.0. The average Bonchev–Trinajstić information content (AvgIpc) is 1.60. The second-order valence-electron chi connectivity index (χ2n) is 33.3. The number of phosphoric ester groups is 2. The van der Waals surface area contributed by atoms with Crippen molar-refractivity contribution in [2.75, 3.05) is 22.9 Å². The summed E-state index contributed by atoms with van der Waals surface area (Å²) in [6.45, 7) is 14.6. The highest BCUT2D eigenvalue weighted by molar-refractivity contribution is 7.47. The molecular weight excluding hydrogens is 1820 g/mol. The van der Waals surface area contributed by atoms with Crippen LogP contribution >= 0.6 is 15.6 Å². The number of pyridine rings is 4. The number of aryl methyl sites for hydroxylation is 6. The number of phenolic OH excluding ortho intramolecular Hbond substituents is 4. The zero-order chi connectivity index (χ0) is 101. The maximum Gasteiger partial charge on any atom is 0.524 e. The van der Waals surface area contributed by atoms with Gasteiger partial charge in [-0.25, -0.2) is 49.0 Å². The van der Waals surface area contributed by atoms with Gasteiger partial charge in [0.2, 0.25) is 0 Å². The summed E-state index contributed by atoms with van der Waals surface area (Å²) in [4.78, 5) is 120. The number of fused-ring (bicyclic) bond motifs is 12. The number of carbonyl (C=O) groups is 4. The zero-order valence-corrected chi connectivity index (χ0v) is 79.5. The van der Waals surface area contributed by atoms with Crippen LogP contribution in [0.25, 0.3) is 87.7 Å². The molecule has 0 atom stereocenters. The minimum Gasteiger partial charge on any atom is -0.508 e. The Morgan fingerprint density at radius 1 is 0.357 bits per heavy atom. The normalized spacial score (nSPS) is 11.3. The summed E-state index contributed by atoms with van der Waals surface area (Å²) in [7, 11) is -9.54. The SMILES string of the molecule is C#CC(=O)NCc1ccc2nc(N)c3nc(CCCC)n(Cc4ccc(O)c(C)c4)c3c2c1.C#CC(=O)NCc1ccc2nc(N)c3nc(CCCC)n(Cc4ccc(OP(=O)(O)O)c(C)c4)c3c2c1.C#CC(=O)NCc1ccc2nc(N)c3nc(CCCC)n(Cc4cccc(O)c4O)c3c2c1.C#CC(=O)NCc1ccc2nc(N)c3nc(CCCC)n(Cc4cccc(OP(=O)(O)O)c4O)c3c2c1. The molecule has 8 heterocycles. The van der Waals surface area contributed by atoms with Crippen molar-refractivity contribution >= 4 is 150 Å². The number of unbranched alkanes of at least 4 members (excludes halogenated alkanes) is 4. The van der Waals surface area contributed by atoms with Gasteiger partial charge in [-0.05, 0) is 181 Å². The molecule has 0 aliphatic carbocycles. The highest BCUT2D eigenvalue weighted by Gasteiger charge is 2.28. The van der Waals surface area contributed by atoms with Crippen molar-refractivity contribution < 1.29 is 77.4 Å². The Labute approximate surface area is 804 Å². The van der Waals surface area contributed by atoms with Gasteiger partial charge in [0.05, 0.1) is 57.2 Å². The van der Waals surface area contributed by atoms with Crippen LogP contribution in [-0.2, 0) is 106 Å². The Balaban J connectivity index is 0.000000157. The third-order valence-corrected chi connectivity index (χ3v) is 24.1. The molecule has 0 bridgehead atoms. The summed E-state index contributed by atoms with van der Waals surface area (Å²) >= 11 is 0. The number of aromatic hydroxyl groups is 4. The lowest BCUT2D eigenvalue weighted by molar-refractivity contribution is -0.116. The van der Waals surface area contributed by atoms with Crippen molar-refractivity contribution in [3.8, 4) is 83.9 Å². The predicted molar refractivity (Wildman–Crippen MR) is 539 cm³/mol. The molecule has 0 aliphatic heterocycles. The van der Waals surface area contributed by atoms with Gasteiger partial charge in [-0.1, -0.05) is 126 Å². The molecule has 720 valence electrons. The van der Waals surface area contributed by atoms with Gasteiger partial charge in [0.15, 0.2) is 46.3 Å². The van der Waals surface area contributed by atoms with Crippen LogP contribution in [0.15, 0.2) is 146 Å². The number of hydrogen-bond acceptors (Lipinski definition) is 24. The molecule has 8 aromatic carbocycles. The number of imidazole rings is 4. The number of benzene rings is 8. The van der Waals surface area contributed by atoms with Gasteiger partial charge < -0.3 is 91.9 Å². The number of phenols is 4. The Morgan fingerprint density at radius 2 is 0.650 bits per heavy atom. The molecule has 0 unspecified atom stereocenters. The van der Waals surface area contributed by atoms with Gasteiger partial charge in [-0.2, -0.15) is 0 Å². The van der Waals surface area contributed by atoms with Gasteiger partial charge in [0.1, 0.15) is 56.9 Å². The standard InChI is InChI=1S/C26H28N5O5P.C26H27N5O2.C25H26N5O6P.C25H25N5O3/c1-4-6-7-22-30-24-25(31(22)15-18-9-11-21(16(3)12-18)36-37(33,34)35)19-13-17(14-28-23(32)5-2)8-10-20(19)29-26(24)27;1-4-6-7-22-30-24-25(31(22)15-18-9-11-21(32)16(3)12-18)19-13-17(14-28-23(33)5-2)8-10-20(19)29-26(24)27;1-3-5-9-20-29-22-23(30(20)14-16-7-6-8-19(24(16)32)36-37(33,34)35)17-12-15(13-27-21(31)4-2)10-11-18(17)28-25(22)26;1-3-5-9-20-29-22-23(30(20)14-16-7-6-8-19(31)24(16)33)17-12-15(13-27-21(32)4-2)10-11-18(17)28-25(22)26/h2,8-13H,4,6-7,14-15H2,1,3H3,(H2,27,29)(H,28,32)(H2,33,34,35);2,8-13,32H,4,6-7,14-15H2,1,3H3,(H2,27,29)(H,28,33);2,6-8,10-12,32H,3,5,9,13-14H2,1H3,(H2,26,28)(H,27,31)(H2,33,34,35);2,6-8,10-12,31,33H,3,5,9,13-14H2,1H3,(H2,26,28)(H,27,32). The molecule has 20 N–H and O–H groups in total. The van der Waals surface area contributed by atoms with Gasteiger partial charge >= 0.3 is 15.6 Å². The number of nitrogens with zero attached hydrogens (tertiary/aromatic N) is 12. The molecule has 0 saturated heterocycles. The highest BCUT2D eigenvalue weighted by Crippen LogP contribution is 2.45. The van der Waals surface area contributed by atoms with Crippen molar-refractivity contribution in [3.05, 3.63) is 225 Å². The summed E-state index contributed by atoms with van der Waals surface area (Å²) in [6.07, 6.45) is 31.2. The van der Waals surface area contributed by atoms with Gasteiger partial charge in [0.25, 0.3) is 23.6 Å². The largest absolute Gasteiger partial charge is 0.524 e.